The van der Waals surface area contributed by atoms with Gasteiger partial charge in [0.05, 0.1) is 15.7 Å². The Labute approximate surface area is 141 Å². The van der Waals surface area contributed by atoms with E-state index in [4.69, 9.17) is 0 Å². The Morgan fingerprint density at radius 2 is 2.17 bits per heavy atom. The lowest BCUT2D eigenvalue weighted by molar-refractivity contribution is -0.121. The molecule has 2 aromatic heterocycles. The average Bonchev–Trinajstić information content (AvgIpc) is 3.08. The van der Waals surface area contributed by atoms with E-state index in [2.05, 4.69) is 36.7 Å². The highest BCUT2D eigenvalue weighted by atomic mass is 79.9. The second-order valence-corrected chi connectivity index (χ2v) is 6.12. The first-order chi connectivity index (χ1) is 11.1. The van der Waals surface area contributed by atoms with Gasteiger partial charge in [0.25, 0.3) is 0 Å². The van der Waals surface area contributed by atoms with Crippen molar-refractivity contribution in [2.45, 2.75) is 26.4 Å². The molecule has 1 aromatic carbocycles. The van der Waals surface area contributed by atoms with Crippen LogP contribution >= 0.6 is 15.9 Å². The number of amides is 1. The first kappa shape index (κ1) is 15.7. The van der Waals surface area contributed by atoms with Crippen molar-refractivity contribution < 1.29 is 4.79 Å². The molecular formula is C15H17BrN6O. The molecule has 0 saturated heterocycles. The molecular weight excluding hydrogens is 360 g/mol. The molecule has 8 heteroatoms. The summed E-state index contributed by atoms with van der Waals surface area (Å²) in [6.45, 7) is 3.48. The van der Waals surface area contributed by atoms with Gasteiger partial charge >= 0.3 is 0 Å². The van der Waals surface area contributed by atoms with Gasteiger partial charge in [-0.3, -0.25) is 9.48 Å². The van der Waals surface area contributed by atoms with Crippen LogP contribution in [0.15, 0.2) is 34.9 Å². The first-order valence-electron chi connectivity index (χ1n) is 7.38. The molecule has 1 N–H and O–H groups in total. The molecule has 7 nitrogen and oxygen atoms in total. The predicted octanol–water partition coefficient (Wildman–Crippen LogP) is 1.91. The zero-order valence-corrected chi connectivity index (χ0v) is 14.3. The SMILES string of the molecule is Cc1nn(CCCNC(=O)Cn2nnc3ccccc32)cc1Br. The Kier molecular flexibility index (Phi) is 4.71. The predicted molar refractivity (Wildman–Crippen MR) is 89.8 cm³/mol. The van der Waals surface area contributed by atoms with Gasteiger partial charge in [0.15, 0.2) is 0 Å². The van der Waals surface area contributed by atoms with Crippen LogP contribution in [0.4, 0.5) is 0 Å². The second-order valence-electron chi connectivity index (χ2n) is 5.26. The molecule has 0 saturated carbocycles. The third-order valence-corrected chi connectivity index (χ3v) is 4.26. The fourth-order valence-corrected chi connectivity index (χ4v) is 2.62. The van der Waals surface area contributed by atoms with Crippen LogP contribution in [0.3, 0.4) is 0 Å². The Bertz CT molecular complexity index is 805. The molecule has 0 unspecified atom stereocenters. The van der Waals surface area contributed by atoms with Crippen molar-refractivity contribution in [1.29, 1.82) is 0 Å². The monoisotopic (exact) mass is 376 g/mol. The maximum atomic E-state index is 12.0. The Hall–Kier alpha value is -2.22. The smallest absolute Gasteiger partial charge is 0.241 e. The summed E-state index contributed by atoms with van der Waals surface area (Å²) in [6.07, 6.45) is 2.76. The topological polar surface area (TPSA) is 77.6 Å². The number of para-hydroxylation sites is 1. The summed E-state index contributed by atoms with van der Waals surface area (Å²) in [4.78, 5) is 12.0. The molecule has 3 aromatic rings. The highest BCUT2D eigenvalue weighted by Crippen LogP contribution is 2.13. The van der Waals surface area contributed by atoms with Crippen molar-refractivity contribution in [2.24, 2.45) is 0 Å². The molecule has 0 aliphatic rings. The molecule has 0 fully saturated rings. The highest BCUT2D eigenvalue weighted by Gasteiger charge is 2.08. The average molecular weight is 377 g/mol. The van der Waals surface area contributed by atoms with E-state index >= 15 is 0 Å². The van der Waals surface area contributed by atoms with Crippen molar-refractivity contribution >= 4 is 32.9 Å². The van der Waals surface area contributed by atoms with E-state index in [0.29, 0.717) is 6.54 Å². The number of carbonyl (C=O) groups excluding carboxylic acids is 1. The fraction of sp³-hybridized carbons (Fsp3) is 0.333. The van der Waals surface area contributed by atoms with E-state index in [-0.39, 0.29) is 12.5 Å². The third-order valence-electron chi connectivity index (χ3n) is 3.49. The lowest BCUT2D eigenvalue weighted by atomic mass is 10.3. The maximum absolute atomic E-state index is 12.0. The van der Waals surface area contributed by atoms with Crippen LogP contribution in [0.25, 0.3) is 11.0 Å². The summed E-state index contributed by atoms with van der Waals surface area (Å²) < 4.78 is 4.48. The number of carbonyl (C=O) groups is 1. The van der Waals surface area contributed by atoms with Crippen LogP contribution < -0.4 is 5.32 Å². The fourth-order valence-electron chi connectivity index (χ4n) is 2.30. The normalized spacial score (nSPS) is 11.0. The molecule has 0 radical (unpaired) electrons. The second kappa shape index (κ2) is 6.91. The number of rotatable bonds is 6. The van der Waals surface area contributed by atoms with Crippen molar-refractivity contribution in [2.75, 3.05) is 6.54 Å². The maximum Gasteiger partial charge on any atom is 0.241 e. The van der Waals surface area contributed by atoms with Crippen molar-refractivity contribution in [3.05, 3.63) is 40.6 Å². The van der Waals surface area contributed by atoms with Crippen molar-refractivity contribution in [1.82, 2.24) is 30.1 Å². The number of aromatic nitrogens is 5. The lowest BCUT2D eigenvalue weighted by Crippen LogP contribution is -2.29. The molecule has 0 bridgehead atoms. The molecule has 2 heterocycles. The van der Waals surface area contributed by atoms with Gasteiger partial charge in [-0.05, 0) is 41.4 Å². The molecule has 0 atom stereocenters. The van der Waals surface area contributed by atoms with Gasteiger partial charge in [0.1, 0.15) is 12.1 Å². The summed E-state index contributed by atoms with van der Waals surface area (Å²) in [6, 6.07) is 7.59. The van der Waals surface area contributed by atoms with Gasteiger partial charge in [-0.1, -0.05) is 17.3 Å². The highest BCUT2D eigenvalue weighted by molar-refractivity contribution is 9.10. The quantitative estimate of drug-likeness (QED) is 0.666. The van der Waals surface area contributed by atoms with Gasteiger partial charge < -0.3 is 5.32 Å². The van der Waals surface area contributed by atoms with Crippen LogP contribution in [0.5, 0.6) is 0 Å². The number of nitrogens with zero attached hydrogens (tertiary/aromatic N) is 5. The van der Waals surface area contributed by atoms with E-state index in [0.717, 1.165) is 34.2 Å². The number of fused-ring (bicyclic) bond motifs is 1. The number of hydrogen-bond acceptors (Lipinski definition) is 4. The molecule has 1 amide bonds. The summed E-state index contributed by atoms with van der Waals surface area (Å²) in [5.74, 6) is -0.0709. The third kappa shape index (κ3) is 3.76. The van der Waals surface area contributed by atoms with Gasteiger partial charge in [0, 0.05) is 19.3 Å². The van der Waals surface area contributed by atoms with E-state index in [1.54, 1.807) is 4.68 Å². The van der Waals surface area contributed by atoms with Gasteiger partial charge in [-0.25, -0.2) is 4.68 Å². The molecule has 0 spiro atoms. The van der Waals surface area contributed by atoms with E-state index in [1.807, 2.05) is 42.1 Å². The minimum Gasteiger partial charge on any atom is -0.354 e. The molecule has 0 aliphatic carbocycles. The van der Waals surface area contributed by atoms with Crippen molar-refractivity contribution in [3.8, 4) is 0 Å². The summed E-state index contributed by atoms with van der Waals surface area (Å²) in [5, 5.41) is 15.3. The van der Waals surface area contributed by atoms with Crippen LogP contribution in [-0.2, 0) is 17.9 Å². The van der Waals surface area contributed by atoms with Gasteiger partial charge in [0.2, 0.25) is 5.91 Å². The van der Waals surface area contributed by atoms with E-state index in [1.165, 1.54) is 0 Å². The minimum absolute atomic E-state index is 0.0709. The van der Waals surface area contributed by atoms with Gasteiger partial charge in [-0.2, -0.15) is 5.10 Å². The van der Waals surface area contributed by atoms with E-state index in [9.17, 15) is 4.79 Å². The molecule has 3 rings (SSSR count). The number of nitrogens with one attached hydrogen (secondary N) is 1. The Morgan fingerprint density at radius 3 is 2.96 bits per heavy atom. The summed E-state index contributed by atoms with van der Waals surface area (Å²) in [7, 11) is 0. The zero-order chi connectivity index (χ0) is 16.2. The Balaban J connectivity index is 1.46. The van der Waals surface area contributed by atoms with Crippen LogP contribution in [-0.4, -0.2) is 37.2 Å². The molecule has 0 aliphatic heterocycles. The van der Waals surface area contributed by atoms with Crippen molar-refractivity contribution in [3.63, 3.8) is 0 Å². The number of halogens is 1. The first-order valence-corrected chi connectivity index (χ1v) is 8.17. The lowest BCUT2D eigenvalue weighted by Gasteiger charge is -2.06. The van der Waals surface area contributed by atoms with Gasteiger partial charge in [-0.15, -0.1) is 5.10 Å². The number of aryl methyl sites for hydroxylation is 2. The molecule has 23 heavy (non-hydrogen) atoms. The minimum atomic E-state index is -0.0709. The van der Waals surface area contributed by atoms with Crippen LogP contribution in [0, 0.1) is 6.92 Å². The summed E-state index contributed by atoms with van der Waals surface area (Å²) >= 11 is 3.43. The number of hydrogen-bond donors (Lipinski definition) is 1. The zero-order valence-electron chi connectivity index (χ0n) is 12.7. The molecule has 120 valence electrons. The van der Waals surface area contributed by atoms with Crippen LogP contribution in [0.2, 0.25) is 0 Å². The summed E-state index contributed by atoms with van der Waals surface area (Å²) in [5.41, 5.74) is 2.62. The Morgan fingerprint density at radius 1 is 1.35 bits per heavy atom. The van der Waals surface area contributed by atoms with Crippen LogP contribution in [0.1, 0.15) is 12.1 Å². The number of benzene rings is 1. The largest absolute Gasteiger partial charge is 0.354 e. The standard InChI is InChI=1S/C15H17BrN6O/c1-11-12(16)9-21(19-11)8-4-7-17-15(23)10-22-14-6-3-2-5-13(14)18-20-22/h2-3,5-6,9H,4,7-8,10H2,1H3,(H,17,23). The van der Waals surface area contributed by atoms with E-state index < -0.39 is 0 Å².